The summed E-state index contributed by atoms with van der Waals surface area (Å²) in [4.78, 5) is 16.8. The molecule has 6 heteroatoms. The average molecular weight is 359 g/mol. The molecule has 130 valence electrons. The lowest BCUT2D eigenvalue weighted by Gasteiger charge is -2.38. The number of nitrogens with zero attached hydrogens (tertiary/aromatic N) is 2. The number of piperazine rings is 1. The summed E-state index contributed by atoms with van der Waals surface area (Å²) in [6.07, 6.45) is -0.576. The number of carbonyl (C=O) groups is 1. The van der Waals surface area contributed by atoms with Gasteiger partial charge in [0.25, 0.3) is 5.91 Å². The molecule has 2 aliphatic rings. The Morgan fingerprint density at radius 1 is 1.00 bits per heavy atom. The molecule has 1 fully saturated rings. The first-order chi connectivity index (χ1) is 12.2. The van der Waals surface area contributed by atoms with Crippen LogP contribution in [0.5, 0.6) is 11.5 Å². The minimum Gasteiger partial charge on any atom is -0.485 e. The standard InChI is InChI=1S/C19H19ClN2O3/c20-14-4-3-5-15(12-14)21-8-10-22(11-9-21)19(23)18-13-24-16-6-1-2-7-17(16)25-18/h1-7,12,18H,8-11,13H2. The van der Waals surface area contributed by atoms with Crippen LogP contribution in [0.1, 0.15) is 0 Å². The highest BCUT2D eigenvalue weighted by Gasteiger charge is 2.32. The van der Waals surface area contributed by atoms with Gasteiger partial charge >= 0.3 is 0 Å². The molecule has 1 atom stereocenters. The molecule has 0 aliphatic carbocycles. The van der Waals surface area contributed by atoms with Crippen molar-refractivity contribution in [3.63, 3.8) is 0 Å². The van der Waals surface area contributed by atoms with E-state index in [0.29, 0.717) is 24.6 Å². The molecule has 2 aromatic carbocycles. The smallest absolute Gasteiger partial charge is 0.267 e. The van der Waals surface area contributed by atoms with Gasteiger partial charge in [-0.15, -0.1) is 0 Å². The van der Waals surface area contributed by atoms with E-state index in [9.17, 15) is 4.79 Å². The van der Waals surface area contributed by atoms with Gasteiger partial charge in [-0.1, -0.05) is 29.8 Å². The molecular weight excluding hydrogens is 340 g/mol. The molecule has 4 rings (SSSR count). The van der Waals surface area contributed by atoms with E-state index < -0.39 is 6.10 Å². The summed E-state index contributed by atoms with van der Waals surface area (Å²) in [7, 11) is 0. The molecule has 0 saturated carbocycles. The number of anilines is 1. The summed E-state index contributed by atoms with van der Waals surface area (Å²) < 4.78 is 11.5. The number of carbonyl (C=O) groups excluding carboxylic acids is 1. The fourth-order valence-corrected chi connectivity index (χ4v) is 3.39. The minimum absolute atomic E-state index is 0.0137. The Bertz CT molecular complexity index is 775. The number of amides is 1. The molecule has 1 unspecified atom stereocenters. The number of fused-ring (bicyclic) bond motifs is 1. The quantitative estimate of drug-likeness (QED) is 0.828. The Morgan fingerprint density at radius 2 is 1.76 bits per heavy atom. The molecule has 2 aliphatic heterocycles. The van der Waals surface area contributed by atoms with Crippen LogP contribution in [0.2, 0.25) is 5.02 Å². The largest absolute Gasteiger partial charge is 0.485 e. The van der Waals surface area contributed by atoms with Crippen LogP contribution >= 0.6 is 11.6 Å². The summed E-state index contributed by atoms with van der Waals surface area (Å²) in [6.45, 7) is 3.12. The van der Waals surface area contributed by atoms with Gasteiger partial charge in [0.2, 0.25) is 6.10 Å². The first-order valence-corrected chi connectivity index (χ1v) is 8.76. The fraction of sp³-hybridized carbons (Fsp3) is 0.316. The van der Waals surface area contributed by atoms with Crippen LogP contribution in [0.25, 0.3) is 0 Å². The molecule has 25 heavy (non-hydrogen) atoms. The van der Waals surface area contributed by atoms with Crippen molar-refractivity contribution in [2.24, 2.45) is 0 Å². The van der Waals surface area contributed by atoms with Gasteiger partial charge in [-0.3, -0.25) is 4.79 Å². The topological polar surface area (TPSA) is 42.0 Å². The lowest BCUT2D eigenvalue weighted by Crippen LogP contribution is -2.54. The molecule has 0 spiro atoms. The maximum atomic E-state index is 12.7. The minimum atomic E-state index is -0.576. The molecule has 1 saturated heterocycles. The Balaban J connectivity index is 1.37. The van der Waals surface area contributed by atoms with Gasteiger partial charge in [-0.05, 0) is 30.3 Å². The lowest BCUT2D eigenvalue weighted by atomic mass is 10.2. The molecular formula is C19H19ClN2O3. The first kappa shape index (κ1) is 16.1. The third kappa shape index (κ3) is 3.37. The summed E-state index contributed by atoms with van der Waals surface area (Å²) in [5.41, 5.74) is 1.09. The van der Waals surface area contributed by atoms with Crippen molar-refractivity contribution in [1.29, 1.82) is 0 Å². The van der Waals surface area contributed by atoms with E-state index in [1.165, 1.54) is 0 Å². The molecule has 0 aromatic heterocycles. The van der Waals surface area contributed by atoms with Gasteiger partial charge in [0.05, 0.1) is 0 Å². The van der Waals surface area contributed by atoms with Crippen LogP contribution < -0.4 is 14.4 Å². The molecule has 2 heterocycles. The number of ether oxygens (including phenoxy) is 2. The summed E-state index contributed by atoms with van der Waals surface area (Å²) >= 11 is 6.06. The molecule has 0 N–H and O–H groups in total. The van der Waals surface area contributed by atoms with Gasteiger partial charge in [0.1, 0.15) is 6.61 Å². The van der Waals surface area contributed by atoms with Crippen LogP contribution in [-0.4, -0.2) is 49.7 Å². The lowest BCUT2D eigenvalue weighted by molar-refractivity contribution is -0.141. The Kier molecular flexibility index (Phi) is 4.40. The van der Waals surface area contributed by atoms with Crippen molar-refractivity contribution in [2.45, 2.75) is 6.10 Å². The maximum Gasteiger partial charge on any atom is 0.267 e. The molecule has 5 nitrogen and oxygen atoms in total. The van der Waals surface area contributed by atoms with Crippen molar-refractivity contribution in [3.8, 4) is 11.5 Å². The number of para-hydroxylation sites is 2. The molecule has 0 radical (unpaired) electrons. The zero-order valence-corrected chi connectivity index (χ0v) is 14.5. The first-order valence-electron chi connectivity index (χ1n) is 8.38. The van der Waals surface area contributed by atoms with Crippen molar-refractivity contribution < 1.29 is 14.3 Å². The van der Waals surface area contributed by atoms with Crippen molar-refractivity contribution in [2.75, 3.05) is 37.7 Å². The van der Waals surface area contributed by atoms with Crippen LogP contribution in [0.4, 0.5) is 5.69 Å². The third-order valence-electron chi connectivity index (χ3n) is 4.55. The van der Waals surface area contributed by atoms with Gasteiger partial charge in [0, 0.05) is 36.9 Å². The molecule has 2 aromatic rings. The van der Waals surface area contributed by atoms with E-state index in [4.69, 9.17) is 21.1 Å². The van der Waals surface area contributed by atoms with Crippen LogP contribution in [0.3, 0.4) is 0 Å². The highest BCUT2D eigenvalue weighted by Crippen LogP contribution is 2.31. The second-order valence-corrected chi connectivity index (χ2v) is 6.59. The normalized spacial score (nSPS) is 19.6. The van der Waals surface area contributed by atoms with E-state index in [1.54, 1.807) is 0 Å². The fourth-order valence-electron chi connectivity index (χ4n) is 3.20. The number of halogens is 1. The van der Waals surface area contributed by atoms with Crippen molar-refractivity contribution in [3.05, 3.63) is 53.6 Å². The highest BCUT2D eigenvalue weighted by molar-refractivity contribution is 6.30. The van der Waals surface area contributed by atoms with E-state index in [0.717, 1.165) is 23.8 Å². The second kappa shape index (κ2) is 6.84. The summed E-state index contributed by atoms with van der Waals surface area (Å²) in [5.74, 6) is 1.31. The van der Waals surface area contributed by atoms with E-state index in [2.05, 4.69) is 4.90 Å². The van der Waals surface area contributed by atoms with E-state index in [1.807, 2.05) is 53.4 Å². The van der Waals surface area contributed by atoms with Crippen LogP contribution in [0.15, 0.2) is 48.5 Å². The predicted molar refractivity (Wildman–Crippen MR) is 96.6 cm³/mol. The van der Waals surface area contributed by atoms with Gasteiger partial charge in [-0.2, -0.15) is 0 Å². The van der Waals surface area contributed by atoms with E-state index in [-0.39, 0.29) is 12.5 Å². The number of hydrogen-bond donors (Lipinski definition) is 0. The van der Waals surface area contributed by atoms with E-state index >= 15 is 0 Å². The highest BCUT2D eigenvalue weighted by atomic mass is 35.5. The van der Waals surface area contributed by atoms with Crippen molar-refractivity contribution in [1.82, 2.24) is 4.90 Å². The number of hydrogen-bond acceptors (Lipinski definition) is 4. The SMILES string of the molecule is O=C(C1COc2ccccc2O1)N1CCN(c2cccc(Cl)c2)CC1. The van der Waals surface area contributed by atoms with Gasteiger partial charge in [-0.25, -0.2) is 0 Å². The number of rotatable bonds is 2. The maximum absolute atomic E-state index is 12.7. The summed E-state index contributed by atoms with van der Waals surface area (Å²) in [6, 6.07) is 15.2. The molecule has 0 bridgehead atoms. The monoisotopic (exact) mass is 358 g/mol. The van der Waals surface area contributed by atoms with Gasteiger partial charge < -0.3 is 19.3 Å². The van der Waals surface area contributed by atoms with Crippen LogP contribution in [-0.2, 0) is 4.79 Å². The van der Waals surface area contributed by atoms with Gasteiger partial charge in [0.15, 0.2) is 11.5 Å². The molecule has 1 amide bonds. The Labute approximate surface area is 151 Å². The van der Waals surface area contributed by atoms with Crippen LogP contribution in [0, 0.1) is 0 Å². The zero-order chi connectivity index (χ0) is 17.2. The third-order valence-corrected chi connectivity index (χ3v) is 4.78. The van der Waals surface area contributed by atoms with Crippen molar-refractivity contribution >= 4 is 23.2 Å². The Morgan fingerprint density at radius 3 is 2.52 bits per heavy atom. The number of benzene rings is 2. The predicted octanol–water partition coefficient (Wildman–Crippen LogP) is 2.83. The average Bonchev–Trinajstić information content (AvgIpc) is 2.67. The second-order valence-electron chi connectivity index (χ2n) is 6.16. The summed E-state index contributed by atoms with van der Waals surface area (Å²) in [5, 5.41) is 0.724. The zero-order valence-electron chi connectivity index (χ0n) is 13.7. The Hall–Kier alpha value is -2.40.